The van der Waals surface area contributed by atoms with E-state index in [1.165, 1.54) is 32.9 Å². The molecule has 0 aliphatic carbocycles. The number of ketones is 1. The van der Waals surface area contributed by atoms with Crippen molar-refractivity contribution < 1.29 is 33.7 Å². The first kappa shape index (κ1) is 37.0. The number of nitro benzene ring substituents is 1. The summed E-state index contributed by atoms with van der Waals surface area (Å²) < 4.78 is 0.674. The standard InChI is InChI=1S/C30H40N8O10/c1-14(2)11-21(34-17(5)39)28(44)33-15(3)25(41)32-16(4)26(42)35-20(12-18-9-10-31-27(18)43)23(40)13-37-30(46)19-7-6-8-22(38(47)48)24(19)29(45)36-37/h6-8,14-16,18,20-21H,9-13H2,1-5H3,(H,31,43)(H,32,41)(H,33,44)(H,34,39)(H,35,42)(H,36,45)/t15-,16-,18-,20-,21-/m0/s1. The summed E-state index contributed by atoms with van der Waals surface area (Å²) in [7, 11) is 0. The predicted octanol–water partition coefficient (Wildman–Crippen LogP) is -1.26. The van der Waals surface area contributed by atoms with Gasteiger partial charge in [0.2, 0.25) is 29.5 Å². The van der Waals surface area contributed by atoms with E-state index in [0.29, 0.717) is 24.1 Å². The van der Waals surface area contributed by atoms with Gasteiger partial charge in [-0.1, -0.05) is 19.9 Å². The van der Waals surface area contributed by atoms with E-state index >= 15 is 0 Å². The number of nitrogens with zero attached hydrogens (tertiary/aromatic N) is 2. The third-order valence-electron chi connectivity index (χ3n) is 7.79. The predicted molar refractivity (Wildman–Crippen MR) is 170 cm³/mol. The number of fused-ring (bicyclic) bond motifs is 1. The Hall–Kier alpha value is -5.42. The van der Waals surface area contributed by atoms with E-state index in [1.807, 2.05) is 13.8 Å². The summed E-state index contributed by atoms with van der Waals surface area (Å²) in [6.07, 6.45) is 0.544. The Morgan fingerprint density at radius 3 is 2.12 bits per heavy atom. The van der Waals surface area contributed by atoms with Crippen LogP contribution in [0.25, 0.3) is 10.8 Å². The van der Waals surface area contributed by atoms with Crippen LogP contribution in [0.5, 0.6) is 0 Å². The molecule has 2 aromatic rings. The Kier molecular flexibility index (Phi) is 12.3. The first-order valence-corrected chi connectivity index (χ1v) is 15.4. The molecule has 1 aromatic carbocycles. The van der Waals surface area contributed by atoms with Crippen molar-refractivity contribution in [3.63, 3.8) is 0 Å². The number of aromatic amines is 1. The molecule has 0 radical (unpaired) electrons. The summed E-state index contributed by atoms with van der Waals surface area (Å²) in [5.74, 6) is -4.25. The molecule has 1 aliphatic heterocycles. The average Bonchev–Trinajstić information content (AvgIpc) is 3.41. The quantitative estimate of drug-likeness (QED) is 0.0966. The Bertz CT molecular complexity index is 1730. The van der Waals surface area contributed by atoms with Gasteiger partial charge in [0.05, 0.1) is 16.4 Å². The van der Waals surface area contributed by atoms with Crippen molar-refractivity contribution >= 4 is 51.8 Å². The molecule has 6 N–H and O–H groups in total. The Balaban J connectivity index is 1.76. The molecule has 1 fully saturated rings. The lowest BCUT2D eigenvalue weighted by Gasteiger charge is -2.24. The lowest BCUT2D eigenvalue weighted by atomic mass is 9.95. The third-order valence-corrected chi connectivity index (χ3v) is 7.79. The van der Waals surface area contributed by atoms with Crippen LogP contribution in [0.1, 0.15) is 53.9 Å². The van der Waals surface area contributed by atoms with Crippen molar-refractivity contribution in [3.05, 3.63) is 49.0 Å². The van der Waals surface area contributed by atoms with Crippen LogP contribution in [0, 0.1) is 22.0 Å². The van der Waals surface area contributed by atoms with Gasteiger partial charge in [-0.3, -0.25) is 53.6 Å². The van der Waals surface area contributed by atoms with Gasteiger partial charge in [-0.15, -0.1) is 0 Å². The summed E-state index contributed by atoms with van der Waals surface area (Å²) in [6.45, 7) is 7.32. The number of non-ortho nitro benzene ring substituents is 1. The van der Waals surface area contributed by atoms with E-state index in [4.69, 9.17) is 0 Å². The molecule has 1 saturated heterocycles. The highest BCUT2D eigenvalue weighted by atomic mass is 16.6. The molecule has 260 valence electrons. The Morgan fingerprint density at radius 2 is 1.56 bits per heavy atom. The second kappa shape index (κ2) is 15.9. The Labute approximate surface area is 273 Å². The van der Waals surface area contributed by atoms with Crippen LogP contribution in [-0.4, -0.2) is 80.7 Å². The zero-order chi connectivity index (χ0) is 35.9. The van der Waals surface area contributed by atoms with E-state index in [-0.39, 0.29) is 23.6 Å². The van der Waals surface area contributed by atoms with E-state index in [9.17, 15) is 48.5 Å². The van der Waals surface area contributed by atoms with Gasteiger partial charge in [0.25, 0.3) is 16.8 Å². The average molecular weight is 673 g/mol. The molecule has 2 heterocycles. The largest absolute Gasteiger partial charge is 0.356 e. The van der Waals surface area contributed by atoms with Gasteiger partial charge < -0.3 is 26.6 Å². The van der Waals surface area contributed by atoms with Crippen LogP contribution >= 0.6 is 0 Å². The summed E-state index contributed by atoms with van der Waals surface area (Å²) in [6, 6.07) is -1.05. The smallest absolute Gasteiger partial charge is 0.283 e. The maximum Gasteiger partial charge on any atom is 0.283 e. The highest BCUT2D eigenvalue weighted by molar-refractivity contribution is 5.96. The second-order valence-electron chi connectivity index (χ2n) is 12.2. The lowest BCUT2D eigenvalue weighted by Crippen LogP contribution is -2.56. The number of amides is 5. The van der Waals surface area contributed by atoms with Crippen LogP contribution in [0.15, 0.2) is 27.8 Å². The number of hydrogen-bond acceptors (Lipinski definition) is 10. The Morgan fingerprint density at radius 1 is 0.938 bits per heavy atom. The van der Waals surface area contributed by atoms with Gasteiger partial charge in [0.1, 0.15) is 30.1 Å². The molecule has 5 atom stereocenters. The molecular formula is C30H40N8O10. The number of nitro groups is 1. The fourth-order valence-corrected chi connectivity index (χ4v) is 5.31. The van der Waals surface area contributed by atoms with Crippen molar-refractivity contribution in [2.75, 3.05) is 6.54 Å². The minimum absolute atomic E-state index is 0.0629. The minimum atomic E-state index is -1.34. The van der Waals surface area contributed by atoms with E-state index < -0.39 is 93.2 Å². The topological polar surface area (TPSA) is 261 Å². The first-order chi connectivity index (χ1) is 22.5. The third kappa shape index (κ3) is 9.32. The van der Waals surface area contributed by atoms with Gasteiger partial charge in [-0.25, -0.2) is 4.68 Å². The molecule has 0 unspecified atom stereocenters. The lowest BCUT2D eigenvalue weighted by molar-refractivity contribution is -0.383. The molecule has 18 nitrogen and oxygen atoms in total. The number of hydrogen-bond donors (Lipinski definition) is 6. The fraction of sp³-hybridized carbons (Fsp3) is 0.533. The summed E-state index contributed by atoms with van der Waals surface area (Å²) in [5.41, 5.74) is -2.46. The highest BCUT2D eigenvalue weighted by Gasteiger charge is 2.33. The molecule has 5 amide bonds. The van der Waals surface area contributed by atoms with Crippen LogP contribution in [0.2, 0.25) is 0 Å². The molecule has 0 spiro atoms. The zero-order valence-corrected chi connectivity index (χ0v) is 27.2. The second-order valence-corrected chi connectivity index (χ2v) is 12.2. The SMILES string of the molecule is CC(=O)N[C@@H](CC(C)C)C(=O)N[C@@H](C)C(=O)N[C@@H](C)C(=O)N[C@@H](C[C@@H]1CCNC1=O)C(=O)Cn1[nH]c(=O)c2c([N+](=O)[O-])cccc2c1=O. The van der Waals surface area contributed by atoms with Gasteiger partial charge in [0, 0.05) is 25.5 Å². The highest BCUT2D eigenvalue weighted by Crippen LogP contribution is 2.20. The molecular weight excluding hydrogens is 632 g/mol. The van der Waals surface area contributed by atoms with Gasteiger partial charge in [-0.05, 0) is 45.1 Å². The molecule has 1 aliphatic rings. The van der Waals surface area contributed by atoms with E-state index in [0.717, 1.165) is 6.07 Å². The number of H-pyrrole nitrogens is 1. The number of nitrogens with one attached hydrogen (secondary N) is 6. The van der Waals surface area contributed by atoms with Crippen LogP contribution in [0.3, 0.4) is 0 Å². The first-order valence-electron chi connectivity index (χ1n) is 15.4. The van der Waals surface area contributed by atoms with Gasteiger partial charge in [-0.2, -0.15) is 0 Å². The normalized spacial score (nSPS) is 16.7. The van der Waals surface area contributed by atoms with E-state index in [1.54, 1.807) is 0 Å². The van der Waals surface area contributed by atoms with Gasteiger partial charge >= 0.3 is 0 Å². The molecule has 48 heavy (non-hydrogen) atoms. The molecule has 0 bridgehead atoms. The molecule has 1 aromatic heterocycles. The number of rotatable bonds is 15. The van der Waals surface area contributed by atoms with Crippen molar-refractivity contribution in [2.24, 2.45) is 11.8 Å². The van der Waals surface area contributed by atoms with Crippen molar-refractivity contribution in [1.82, 2.24) is 36.4 Å². The van der Waals surface area contributed by atoms with Crippen LogP contribution in [0.4, 0.5) is 5.69 Å². The maximum atomic E-state index is 13.5. The van der Waals surface area contributed by atoms with Crippen molar-refractivity contribution in [3.8, 4) is 0 Å². The van der Waals surface area contributed by atoms with Crippen molar-refractivity contribution in [1.29, 1.82) is 0 Å². The minimum Gasteiger partial charge on any atom is -0.356 e. The van der Waals surface area contributed by atoms with E-state index in [2.05, 4.69) is 31.7 Å². The molecule has 18 heteroatoms. The number of Topliss-reactive ketones (excluding diaryl/α,β-unsaturated/α-hetero) is 1. The van der Waals surface area contributed by atoms with Crippen LogP contribution in [-0.2, 0) is 35.3 Å². The fourth-order valence-electron chi connectivity index (χ4n) is 5.31. The van der Waals surface area contributed by atoms with Crippen LogP contribution < -0.4 is 37.7 Å². The van der Waals surface area contributed by atoms with Crippen molar-refractivity contribution in [2.45, 2.75) is 84.6 Å². The number of carbonyl (C=O) groups is 6. The monoisotopic (exact) mass is 672 g/mol. The maximum absolute atomic E-state index is 13.5. The molecule has 3 rings (SSSR count). The number of aromatic nitrogens is 2. The molecule has 0 saturated carbocycles. The zero-order valence-electron chi connectivity index (χ0n) is 27.2. The summed E-state index contributed by atoms with van der Waals surface area (Å²) in [4.78, 5) is 113. The number of carbonyl (C=O) groups excluding carboxylic acids is 6. The number of benzene rings is 1. The summed E-state index contributed by atoms with van der Waals surface area (Å²) >= 11 is 0. The van der Waals surface area contributed by atoms with Gasteiger partial charge in [0.15, 0.2) is 5.78 Å². The summed E-state index contributed by atoms with van der Waals surface area (Å²) in [5, 5.41) is 25.5.